The Balaban J connectivity index is 2.20. The maximum Gasteiger partial charge on any atom is 0.245 e. The number of carbonyl (C=O) groups excluding carboxylic acids is 4. The van der Waals surface area contributed by atoms with Crippen LogP contribution in [0.3, 0.4) is 0 Å². The van der Waals surface area contributed by atoms with Crippen molar-refractivity contribution in [3.05, 3.63) is 47.4 Å². The summed E-state index contributed by atoms with van der Waals surface area (Å²) in [6.07, 6.45) is 4.83. The zero-order chi connectivity index (χ0) is 37.7. The van der Waals surface area contributed by atoms with Crippen molar-refractivity contribution in [2.45, 2.75) is 122 Å². The number of carbonyl (C=O) groups is 4. The average molecular weight is 700 g/mol. The minimum absolute atomic E-state index is 0.000373. The third-order valence-electron chi connectivity index (χ3n) is 9.75. The van der Waals surface area contributed by atoms with E-state index in [1.807, 2.05) is 34.6 Å². The van der Waals surface area contributed by atoms with E-state index < -0.39 is 42.5 Å². The fourth-order valence-corrected chi connectivity index (χ4v) is 6.74. The van der Waals surface area contributed by atoms with Gasteiger partial charge in [-0.1, -0.05) is 64.3 Å². The van der Waals surface area contributed by atoms with Crippen LogP contribution in [-0.4, -0.2) is 122 Å². The summed E-state index contributed by atoms with van der Waals surface area (Å²) >= 11 is 0. The molecule has 0 saturated carbocycles. The Kier molecular flexibility index (Phi) is 17.4. The Labute approximate surface area is 299 Å². The van der Waals surface area contributed by atoms with E-state index in [0.29, 0.717) is 25.0 Å². The minimum atomic E-state index is -0.957. The normalized spacial score (nSPS) is 19.7. The van der Waals surface area contributed by atoms with Gasteiger partial charge in [-0.3, -0.25) is 19.2 Å². The highest BCUT2D eigenvalue weighted by Crippen LogP contribution is 2.28. The van der Waals surface area contributed by atoms with Gasteiger partial charge in [-0.05, 0) is 57.2 Å². The molecule has 1 aliphatic carbocycles. The summed E-state index contributed by atoms with van der Waals surface area (Å²) in [6.45, 7) is 16.0. The minimum Gasteiger partial charge on any atom is -0.386 e. The number of methoxy groups -OCH3 is 2. The number of likely N-dealkylation sites (tertiary alicyclic amines) is 1. The van der Waals surface area contributed by atoms with Crippen LogP contribution in [0.5, 0.6) is 0 Å². The van der Waals surface area contributed by atoms with E-state index in [0.717, 1.165) is 12.0 Å². The Hall–Kier alpha value is -3.50. The van der Waals surface area contributed by atoms with E-state index >= 15 is 0 Å². The number of allylic oxidation sites excluding steroid dienone is 2. The van der Waals surface area contributed by atoms with Crippen molar-refractivity contribution >= 4 is 23.6 Å². The molecule has 4 amide bonds. The summed E-state index contributed by atoms with van der Waals surface area (Å²) in [5.74, 6) is -1.23. The molecule has 0 spiro atoms. The lowest BCUT2D eigenvalue weighted by molar-refractivity contribution is -0.144. The van der Waals surface area contributed by atoms with Gasteiger partial charge in [-0.25, -0.2) is 0 Å². The Morgan fingerprint density at radius 3 is 2.24 bits per heavy atom. The second-order valence-corrected chi connectivity index (χ2v) is 14.0. The summed E-state index contributed by atoms with van der Waals surface area (Å²) < 4.78 is 11.7. The monoisotopic (exact) mass is 699 g/mol. The van der Waals surface area contributed by atoms with Gasteiger partial charge < -0.3 is 40.3 Å². The molecule has 280 valence electrons. The van der Waals surface area contributed by atoms with Gasteiger partial charge in [0.05, 0.1) is 49.2 Å². The van der Waals surface area contributed by atoms with Gasteiger partial charge in [0.1, 0.15) is 12.1 Å². The molecule has 50 heavy (non-hydrogen) atoms. The van der Waals surface area contributed by atoms with E-state index in [-0.39, 0.29) is 54.3 Å². The Morgan fingerprint density at radius 1 is 1.06 bits per heavy atom. The Bertz CT molecular complexity index is 1330. The summed E-state index contributed by atoms with van der Waals surface area (Å²) in [6, 6.07) is -2.82. The van der Waals surface area contributed by atoms with E-state index in [4.69, 9.17) is 9.47 Å². The standard InChI is InChI=1S/C38H61N5O7/c1-12-25(6)35(42(9)38(48)34(24(4)5)41-37(47)33(39-8)23(2)3)30(50-11)22-32(45)43-20-16-19-28(43)29(49-10)21-31(44)40-26(7)36(46)27-17-14-13-15-18-27/h13-14,17,23-24,26,28-30,33-36,39,46H,6,12,16,19-22H2,1-5,7-11H3,(H,40,44)(H,41,47)/t26-,28+,29-,30?,33+,34+,35+,36-/m1/s1. The van der Waals surface area contributed by atoms with Gasteiger partial charge in [0.25, 0.3) is 0 Å². The number of hydrogen-bond acceptors (Lipinski definition) is 8. The first-order valence-corrected chi connectivity index (χ1v) is 17.8. The van der Waals surface area contributed by atoms with E-state index in [2.05, 4.69) is 34.0 Å². The number of aliphatic hydroxyl groups is 1. The van der Waals surface area contributed by atoms with Gasteiger partial charge in [-0.2, -0.15) is 0 Å². The first-order chi connectivity index (χ1) is 23.6. The molecule has 0 aromatic rings. The summed E-state index contributed by atoms with van der Waals surface area (Å²) in [4.78, 5) is 57.5. The fraction of sp³-hybridized carbons (Fsp3) is 0.684. The topological polar surface area (TPSA) is 150 Å². The highest BCUT2D eigenvalue weighted by Gasteiger charge is 2.41. The van der Waals surface area contributed by atoms with Crippen LogP contribution in [0.25, 0.3) is 0 Å². The van der Waals surface area contributed by atoms with Gasteiger partial charge >= 0.3 is 0 Å². The molecule has 0 radical (unpaired) electrons. The summed E-state index contributed by atoms with van der Waals surface area (Å²) in [7, 11) is 6.41. The molecule has 1 saturated heterocycles. The van der Waals surface area contributed by atoms with Crippen LogP contribution in [-0.2, 0) is 28.7 Å². The molecule has 8 atom stereocenters. The molecule has 0 aromatic heterocycles. The van der Waals surface area contributed by atoms with Crippen molar-refractivity contribution in [2.24, 2.45) is 11.8 Å². The number of likely N-dealkylation sites (N-methyl/N-ethyl adjacent to an activating group) is 2. The van der Waals surface area contributed by atoms with Gasteiger partial charge in [0.15, 0.2) is 0 Å². The third kappa shape index (κ3) is 11.3. The molecule has 1 unspecified atom stereocenters. The number of nitrogens with one attached hydrogen (secondary N) is 3. The van der Waals surface area contributed by atoms with Crippen molar-refractivity contribution in [2.75, 3.05) is 34.9 Å². The lowest BCUT2D eigenvalue weighted by atomic mass is 9.93. The number of hydrogen-bond donors (Lipinski definition) is 4. The molecule has 1 fully saturated rings. The molecule has 0 bridgehead atoms. The fourth-order valence-electron chi connectivity index (χ4n) is 6.74. The third-order valence-corrected chi connectivity index (χ3v) is 9.75. The van der Waals surface area contributed by atoms with Crippen LogP contribution in [0.4, 0.5) is 0 Å². The molecule has 0 aromatic carbocycles. The molecule has 1 aliphatic heterocycles. The van der Waals surface area contributed by atoms with Crippen molar-refractivity contribution < 1.29 is 33.8 Å². The molecule has 2 aliphatic rings. The van der Waals surface area contributed by atoms with Crippen LogP contribution in [0, 0.1) is 11.8 Å². The van der Waals surface area contributed by atoms with Crippen molar-refractivity contribution in [1.82, 2.24) is 25.8 Å². The number of amides is 4. The first kappa shape index (κ1) is 42.7. The average Bonchev–Trinajstić information content (AvgIpc) is 3.58. The molecule has 2 rings (SSSR count). The zero-order valence-electron chi connectivity index (χ0n) is 31.7. The van der Waals surface area contributed by atoms with Gasteiger partial charge in [0, 0.05) is 33.4 Å². The number of aliphatic hydroxyl groups excluding tert-OH is 1. The lowest BCUT2D eigenvalue weighted by Gasteiger charge is -2.39. The second kappa shape index (κ2) is 20.4. The molecular formula is C38H61N5O7. The van der Waals surface area contributed by atoms with E-state index in [9.17, 15) is 24.3 Å². The molecule has 1 heterocycles. The molecule has 12 nitrogen and oxygen atoms in total. The lowest BCUT2D eigenvalue weighted by Crippen LogP contribution is -2.58. The maximum absolute atomic E-state index is 14.0. The van der Waals surface area contributed by atoms with Gasteiger partial charge in [0.2, 0.25) is 23.6 Å². The largest absolute Gasteiger partial charge is 0.386 e. The van der Waals surface area contributed by atoms with Crippen LogP contribution in [0.15, 0.2) is 47.4 Å². The quantitative estimate of drug-likeness (QED) is 0.112. The molecule has 4 N–H and O–H groups in total. The van der Waals surface area contributed by atoms with Crippen LogP contribution in [0.2, 0.25) is 0 Å². The molecular weight excluding hydrogens is 638 g/mol. The van der Waals surface area contributed by atoms with Crippen molar-refractivity contribution in [3.8, 4) is 0 Å². The smallest absolute Gasteiger partial charge is 0.245 e. The number of ether oxygens (including phenoxy) is 2. The van der Waals surface area contributed by atoms with Crippen molar-refractivity contribution in [3.63, 3.8) is 0 Å². The van der Waals surface area contributed by atoms with Crippen LogP contribution in [0.1, 0.15) is 73.6 Å². The molecule has 12 heteroatoms. The Morgan fingerprint density at radius 2 is 1.72 bits per heavy atom. The first-order valence-electron chi connectivity index (χ1n) is 17.8. The highest BCUT2D eigenvalue weighted by molar-refractivity contribution is 5.90. The summed E-state index contributed by atoms with van der Waals surface area (Å²) in [5, 5.41) is 19.5. The highest BCUT2D eigenvalue weighted by atomic mass is 16.5. The predicted molar refractivity (Wildman–Crippen MR) is 194 cm³/mol. The van der Waals surface area contributed by atoms with Crippen LogP contribution >= 0.6 is 0 Å². The predicted octanol–water partition coefficient (Wildman–Crippen LogP) is 2.64. The number of nitrogens with zero attached hydrogens (tertiary/aromatic N) is 2. The maximum atomic E-state index is 14.0. The van der Waals surface area contributed by atoms with Crippen molar-refractivity contribution in [1.29, 1.82) is 0 Å². The second-order valence-electron chi connectivity index (χ2n) is 14.0. The SMILES string of the molecule is C=C(CC)[C@@H](C(CC(=O)N1CCC[C@H]1[C@@H](CC(=O)N[C@H](C)[C@@H](O)C1=C=C=CC=C1)OC)OC)N(C)C(=O)[C@@H](NC(=O)[C@@H](NC)C(C)C)C(C)C. The zero-order valence-corrected chi connectivity index (χ0v) is 31.7. The van der Waals surface area contributed by atoms with Gasteiger partial charge in [-0.15, -0.1) is 0 Å². The number of rotatable bonds is 20. The van der Waals surface area contributed by atoms with E-state index in [1.54, 1.807) is 49.0 Å². The van der Waals surface area contributed by atoms with E-state index in [1.165, 1.54) is 14.2 Å². The van der Waals surface area contributed by atoms with Crippen LogP contribution < -0.4 is 16.0 Å². The summed E-state index contributed by atoms with van der Waals surface area (Å²) in [5.41, 5.74) is 6.92.